The largest absolute Gasteiger partial charge is 0.481 e. The van der Waals surface area contributed by atoms with Gasteiger partial charge < -0.3 is 10.4 Å². The van der Waals surface area contributed by atoms with E-state index >= 15 is 0 Å². The molecule has 0 saturated heterocycles. The van der Waals surface area contributed by atoms with Crippen molar-refractivity contribution in [2.45, 2.75) is 12.8 Å². The molecule has 1 amide bonds. The lowest BCUT2D eigenvalue weighted by Crippen LogP contribution is -2.13. The van der Waals surface area contributed by atoms with Crippen molar-refractivity contribution in [3.05, 3.63) is 35.6 Å². The van der Waals surface area contributed by atoms with Crippen molar-refractivity contribution in [3.63, 3.8) is 0 Å². The van der Waals surface area contributed by atoms with Gasteiger partial charge in [-0.1, -0.05) is 11.6 Å². The summed E-state index contributed by atoms with van der Waals surface area (Å²) in [6.45, 7) is 0. The van der Waals surface area contributed by atoms with Crippen LogP contribution in [0, 0.1) is 0 Å². The number of carbonyl (C=O) groups is 2. The minimum Gasteiger partial charge on any atom is -0.481 e. The van der Waals surface area contributed by atoms with E-state index in [-0.39, 0.29) is 18.7 Å². The van der Waals surface area contributed by atoms with E-state index in [1.165, 1.54) is 0 Å². The Morgan fingerprint density at radius 2 is 2.11 bits per heavy atom. The van der Waals surface area contributed by atoms with Crippen LogP contribution in [0.5, 0.6) is 0 Å². The number of nitrogens with zero attached hydrogens (tertiary/aromatic N) is 1. The normalized spacial score (nSPS) is 10.4. The predicted molar refractivity (Wildman–Crippen MR) is 72.3 cm³/mol. The summed E-state index contributed by atoms with van der Waals surface area (Å²) in [5.41, 5.74) is 0.556. The molecule has 98 valence electrons. The average Bonchev–Trinajstić information content (AvgIpc) is 2.36. The number of rotatable bonds is 4. The zero-order chi connectivity index (χ0) is 13.8. The maximum absolute atomic E-state index is 11.6. The minimum atomic E-state index is -1.00. The second-order valence-electron chi connectivity index (χ2n) is 3.99. The molecule has 0 unspecified atom stereocenters. The number of carbonyl (C=O) groups excluding carboxylic acids is 1. The molecule has 5 nitrogen and oxygen atoms in total. The van der Waals surface area contributed by atoms with Crippen molar-refractivity contribution >= 4 is 39.9 Å². The van der Waals surface area contributed by atoms with E-state index in [1.807, 2.05) is 0 Å². The highest BCUT2D eigenvalue weighted by atomic mass is 35.5. The third kappa shape index (κ3) is 3.42. The van der Waals surface area contributed by atoms with Crippen LogP contribution < -0.4 is 5.32 Å². The molecule has 0 aliphatic heterocycles. The molecule has 0 aliphatic carbocycles. The van der Waals surface area contributed by atoms with Crippen molar-refractivity contribution in [2.24, 2.45) is 0 Å². The molecule has 1 aromatic carbocycles. The van der Waals surface area contributed by atoms with Crippen molar-refractivity contribution in [2.75, 3.05) is 5.32 Å². The number of aromatic nitrogens is 1. The van der Waals surface area contributed by atoms with Gasteiger partial charge in [0.1, 0.15) is 0 Å². The van der Waals surface area contributed by atoms with E-state index in [1.54, 1.807) is 30.6 Å². The van der Waals surface area contributed by atoms with Crippen LogP contribution in [-0.4, -0.2) is 22.0 Å². The predicted octanol–water partition coefficient (Wildman–Crippen LogP) is 2.69. The van der Waals surface area contributed by atoms with Crippen molar-refractivity contribution in [1.82, 2.24) is 4.98 Å². The molecule has 0 fully saturated rings. The van der Waals surface area contributed by atoms with Gasteiger partial charge in [-0.3, -0.25) is 14.6 Å². The summed E-state index contributed by atoms with van der Waals surface area (Å²) in [5.74, 6) is -1.36. The Kier molecular flexibility index (Phi) is 3.97. The van der Waals surface area contributed by atoms with Crippen LogP contribution in [0.2, 0.25) is 5.02 Å². The van der Waals surface area contributed by atoms with Gasteiger partial charge >= 0.3 is 5.97 Å². The van der Waals surface area contributed by atoms with Crippen LogP contribution in [-0.2, 0) is 9.59 Å². The lowest BCUT2D eigenvalue weighted by atomic mass is 10.1. The van der Waals surface area contributed by atoms with Crippen LogP contribution in [0.4, 0.5) is 5.69 Å². The van der Waals surface area contributed by atoms with Crippen molar-refractivity contribution in [3.8, 4) is 0 Å². The van der Waals surface area contributed by atoms with Gasteiger partial charge in [0.25, 0.3) is 0 Å². The van der Waals surface area contributed by atoms with Crippen molar-refractivity contribution < 1.29 is 14.7 Å². The zero-order valence-electron chi connectivity index (χ0n) is 9.89. The number of pyridine rings is 1. The molecule has 0 atom stereocenters. The fourth-order valence-corrected chi connectivity index (χ4v) is 1.94. The number of carboxylic acid groups (broad SMARTS) is 1. The van der Waals surface area contributed by atoms with Gasteiger partial charge in [0, 0.05) is 34.6 Å². The molecular weight excluding hydrogens is 268 g/mol. The monoisotopic (exact) mass is 278 g/mol. The Hall–Kier alpha value is -2.14. The molecule has 2 aromatic rings. The Morgan fingerprint density at radius 1 is 1.32 bits per heavy atom. The lowest BCUT2D eigenvalue weighted by Gasteiger charge is -2.08. The van der Waals surface area contributed by atoms with E-state index in [0.717, 1.165) is 10.8 Å². The molecule has 0 aliphatic rings. The highest BCUT2D eigenvalue weighted by Crippen LogP contribution is 2.27. The molecule has 1 heterocycles. The van der Waals surface area contributed by atoms with E-state index in [2.05, 4.69) is 10.3 Å². The second-order valence-corrected chi connectivity index (χ2v) is 4.43. The highest BCUT2D eigenvalue weighted by Gasteiger charge is 2.09. The number of carboxylic acids is 1. The van der Waals surface area contributed by atoms with Gasteiger partial charge in [-0.15, -0.1) is 0 Å². The van der Waals surface area contributed by atoms with Crippen LogP contribution in [0.25, 0.3) is 10.8 Å². The highest BCUT2D eigenvalue weighted by molar-refractivity contribution is 6.32. The first-order chi connectivity index (χ1) is 9.06. The molecule has 19 heavy (non-hydrogen) atoms. The van der Waals surface area contributed by atoms with E-state index in [4.69, 9.17) is 16.7 Å². The fourth-order valence-electron chi connectivity index (χ4n) is 1.71. The number of hydrogen-bond donors (Lipinski definition) is 2. The van der Waals surface area contributed by atoms with Crippen LogP contribution >= 0.6 is 11.6 Å². The third-order valence-corrected chi connectivity index (χ3v) is 2.78. The SMILES string of the molecule is O=C(O)CCC(=O)Nc1cc(Cl)cc2cnccc12. The zero-order valence-corrected chi connectivity index (χ0v) is 10.6. The average molecular weight is 279 g/mol. The van der Waals surface area contributed by atoms with Gasteiger partial charge in [-0.2, -0.15) is 0 Å². The van der Waals surface area contributed by atoms with E-state index < -0.39 is 5.97 Å². The molecule has 2 rings (SSSR count). The quantitative estimate of drug-likeness (QED) is 0.901. The number of hydrogen-bond acceptors (Lipinski definition) is 3. The smallest absolute Gasteiger partial charge is 0.303 e. The summed E-state index contributed by atoms with van der Waals surface area (Å²) in [4.78, 5) is 26.0. The number of benzene rings is 1. The number of fused-ring (bicyclic) bond motifs is 1. The maximum atomic E-state index is 11.6. The molecule has 0 bridgehead atoms. The first kappa shape index (κ1) is 13.3. The van der Waals surface area contributed by atoms with E-state index in [0.29, 0.717) is 10.7 Å². The Bertz CT molecular complexity index is 643. The molecule has 0 spiro atoms. The summed E-state index contributed by atoms with van der Waals surface area (Å²) in [6, 6.07) is 5.14. The lowest BCUT2D eigenvalue weighted by molar-refractivity contribution is -0.138. The molecule has 6 heteroatoms. The molecule has 0 radical (unpaired) electrons. The summed E-state index contributed by atoms with van der Waals surface area (Å²) in [6.07, 6.45) is 2.98. The van der Waals surface area contributed by atoms with Crippen LogP contribution in [0.15, 0.2) is 30.6 Å². The minimum absolute atomic E-state index is 0.0750. The Labute approximate surface area is 114 Å². The first-order valence-corrected chi connectivity index (χ1v) is 5.99. The van der Waals surface area contributed by atoms with Gasteiger partial charge in [0.15, 0.2) is 0 Å². The number of amides is 1. The standard InChI is InChI=1S/C13H11ClN2O3/c14-9-5-8-7-15-4-3-10(8)11(6-9)16-12(17)1-2-13(18)19/h3-7H,1-2H2,(H,16,17)(H,18,19). The van der Waals surface area contributed by atoms with Crippen LogP contribution in [0.1, 0.15) is 12.8 Å². The van der Waals surface area contributed by atoms with Crippen LogP contribution in [0.3, 0.4) is 0 Å². The van der Waals surface area contributed by atoms with Crippen molar-refractivity contribution in [1.29, 1.82) is 0 Å². The van der Waals surface area contributed by atoms with Gasteiger partial charge in [-0.05, 0) is 18.2 Å². The Balaban J connectivity index is 2.24. The number of nitrogens with one attached hydrogen (secondary N) is 1. The summed E-state index contributed by atoms with van der Waals surface area (Å²) >= 11 is 5.96. The molecule has 1 aromatic heterocycles. The fraction of sp³-hybridized carbons (Fsp3) is 0.154. The number of aliphatic carboxylic acids is 1. The maximum Gasteiger partial charge on any atom is 0.303 e. The molecule has 2 N–H and O–H groups in total. The second kappa shape index (κ2) is 5.67. The summed E-state index contributed by atoms with van der Waals surface area (Å²) < 4.78 is 0. The van der Waals surface area contributed by atoms with Gasteiger partial charge in [0.2, 0.25) is 5.91 Å². The topological polar surface area (TPSA) is 79.3 Å². The number of anilines is 1. The number of halogens is 1. The first-order valence-electron chi connectivity index (χ1n) is 5.61. The Morgan fingerprint density at radius 3 is 2.84 bits per heavy atom. The van der Waals surface area contributed by atoms with Gasteiger partial charge in [0.05, 0.1) is 12.1 Å². The van der Waals surface area contributed by atoms with E-state index in [9.17, 15) is 9.59 Å². The summed E-state index contributed by atoms with van der Waals surface area (Å²) in [7, 11) is 0. The van der Waals surface area contributed by atoms with Gasteiger partial charge in [-0.25, -0.2) is 0 Å². The molecular formula is C13H11ClN2O3. The summed E-state index contributed by atoms with van der Waals surface area (Å²) in [5, 5.41) is 13.3. The molecule has 0 saturated carbocycles. The third-order valence-electron chi connectivity index (χ3n) is 2.56.